The Balaban J connectivity index is 0.000000509. The molecule has 0 unspecified atom stereocenters. The third-order valence-corrected chi connectivity index (χ3v) is 2.67. The van der Waals surface area contributed by atoms with Crippen LogP contribution in [0.4, 0.5) is 0 Å². The van der Waals surface area contributed by atoms with Gasteiger partial charge in [-0.25, -0.2) is 0 Å². The van der Waals surface area contributed by atoms with Crippen molar-refractivity contribution in [3.8, 4) is 5.75 Å². The topological polar surface area (TPSA) is 20.2 Å². The Labute approximate surface area is 101 Å². The van der Waals surface area contributed by atoms with E-state index in [0.29, 0.717) is 5.75 Å². The van der Waals surface area contributed by atoms with Gasteiger partial charge in [0.05, 0.1) is 0 Å². The molecule has 1 aromatic rings. The summed E-state index contributed by atoms with van der Waals surface area (Å²) in [5.74, 6) is 0.424. The van der Waals surface area contributed by atoms with E-state index in [9.17, 15) is 5.11 Å². The molecule has 1 aliphatic rings. The summed E-state index contributed by atoms with van der Waals surface area (Å²) in [4.78, 5) is 0. The smallest absolute Gasteiger partial charge is 0.116 e. The van der Waals surface area contributed by atoms with Gasteiger partial charge < -0.3 is 5.11 Å². The third kappa shape index (κ3) is 3.88. The molecule has 0 heterocycles. The summed E-state index contributed by atoms with van der Waals surface area (Å²) in [5, 5.41) is 9.37. The second-order valence-electron chi connectivity index (χ2n) is 3.61. The van der Waals surface area contributed by atoms with Crippen molar-refractivity contribution < 1.29 is 5.11 Å². The lowest BCUT2D eigenvalue weighted by Gasteiger charge is -2.17. The molecule has 1 aromatic carbocycles. The number of phenolic OH excluding ortho intramolecular Hbond substituents is 1. The van der Waals surface area contributed by atoms with Crippen molar-refractivity contribution in [3.05, 3.63) is 28.8 Å². The van der Waals surface area contributed by atoms with Gasteiger partial charge in [-0.2, -0.15) is 0 Å². The minimum absolute atomic E-state index is 0.424. The lowest BCUT2D eigenvalue weighted by molar-refractivity contribution is 0.472. The number of hydrogen-bond acceptors (Lipinski definition) is 1. The van der Waals surface area contributed by atoms with Crippen LogP contribution in [0, 0.1) is 6.92 Å². The van der Waals surface area contributed by atoms with Crippen LogP contribution in [0.5, 0.6) is 5.75 Å². The molecule has 0 amide bonds. The molecule has 0 aromatic heterocycles. The number of benzene rings is 1. The van der Waals surface area contributed by atoms with E-state index >= 15 is 0 Å². The molecule has 2 rings (SSSR count). The first-order valence-corrected chi connectivity index (χ1v) is 6.59. The fourth-order valence-electron chi connectivity index (χ4n) is 2.07. The quantitative estimate of drug-likeness (QED) is 0.678. The maximum absolute atomic E-state index is 9.37. The van der Waals surface area contributed by atoms with Gasteiger partial charge in [0, 0.05) is 0 Å². The van der Waals surface area contributed by atoms with Gasteiger partial charge in [-0.3, -0.25) is 0 Å². The highest BCUT2D eigenvalue weighted by molar-refractivity contribution is 5.42. The van der Waals surface area contributed by atoms with Gasteiger partial charge in [0.15, 0.2) is 0 Å². The van der Waals surface area contributed by atoms with Crippen LogP contribution in [0.1, 0.15) is 57.2 Å². The lowest BCUT2D eigenvalue weighted by Crippen LogP contribution is -2.04. The predicted molar refractivity (Wildman–Crippen MR) is 72.2 cm³/mol. The van der Waals surface area contributed by atoms with E-state index < -0.39 is 0 Å². The molecule has 1 heteroatoms. The highest BCUT2D eigenvalue weighted by atomic mass is 16.3. The standard InChI is InChI=1S/C11H14O.2C2H6/c1-8-6-10(12)7-9-4-2-3-5-11(8)9;2*1-2/h6-7,12H,2-5H2,1H3;2*1-2H3. The maximum atomic E-state index is 9.37. The van der Waals surface area contributed by atoms with Crippen molar-refractivity contribution in [3.63, 3.8) is 0 Å². The zero-order chi connectivity index (χ0) is 12.6. The van der Waals surface area contributed by atoms with Gasteiger partial charge >= 0.3 is 0 Å². The Bertz CT molecular complexity index is 303. The molecular weight excluding hydrogens is 196 g/mol. The summed E-state index contributed by atoms with van der Waals surface area (Å²) < 4.78 is 0. The first-order valence-electron chi connectivity index (χ1n) is 6.59. The van der Waals surface area contributed by atoms with Crippen LogP contribution in [0.3, 0.4) is 0 Å². The van der Waals surface area contributed by atoms with Gasteiger partial charge in [-0.05, 0) is 61.4 Å². The monoisotopic (exact) mass is 222 g/mol. The second-order valence-corrected chi connectivity index (χ2v) is 3.61. The predicted octanol–water partition coefficient (Wildman–Crippen LogP) is 4.63. The largest absolute Gasteiger partial charge is 0.508 e. The molecule has 0 saturated carbocycles. The highest BCUT2D eigenvalue weighted by Crippen LogP contribution is 2.27. The number of hydrogen-bond donors (Lipinski definition) is 1. The molecule has 16 heavy (non-hydrogen) atoms. The first kappa shape index (κ1) is 15.0. The second kappa shape index (κ2) is 8.20. The van der Waals surface area contributed by atoms with E-state index in [1.165, 1.54) is 36.0 Å². The molecule has 0 bridgehead atoms. The number of aryl methyl sites for hydroxylation is 2. The fourth-order valence-corrected chi connectivity index (χ4v) is 2.07. The normalized spacial score (nSPS) is 12.6. The van der Waals surface area contributed by atoms with Crippen LogP contribution < -0.4 is 0 Å². The van der Waals surface area contributed by atoms with Crippen molar-refractivity contribution in [2.75, 3.05) is 0 Å². The molecular formula is C15H26O. The third-order valence-electron chi connectivity index (χ3n) is 2.67. The minimum atomic E-state index is 0.424. The molecule has 0 saturated heterocycles. The van der Waals surface area contributed by atoms with Crippen LogP contribution in [0.25, 0.3) is 0 Å². The summed E-state index contributed by atoms with van der Waals surface area (Å²) in [6, 6.07) is 3.78. The fraction of sp³-hybridized carbons (Fsp3) is 0.600. The molecule has 0 fully saturated rings. The lowest BCUT2D eigenvalue weighted by atomic mass is 9.88. The van der Waals surface area contributed by atoms with Crippen LogP contribution in [0.15, 0.2) is 12.1 Å². The van der Waals surface area contributed by atoms with Crippen molar-refractivity contribution in [1.82, 2.24) is 0 Å². The maximum Gasteiger partial charge on any atom is 0.116 e. The van der Waals surface area contributed by atoms with Gasteiger partial charge in [-0.15, -0.1) is 0 Å². The summed E-state index contributed by atoms with van der Waals surface area (Å²) in [5.41, 5.74) is 4.09. The molecule has 1 nitrogen and oxygen atoms in total. The van der Waals surface area contributed by atoms with Crippen LogP contribution >= 0.6 is 0 Å². The first-order chi connectivity index (χ1) is 7.77. The number of rotatable bonds is 0. The van der Waals surface area contributed by atoms with E-state index in [-0.39, 0.29) is 0 Å². The number of fused-ring (bicyclic) bond motifs is 1. The van der Waals surface area contributed by atoms with E-state index in [1.54, 1.807) is 0 Å². The molecule has 0 atom stereocenters. The Morgan fingerprint density at radius 2 is 1.50 bits per heavy atom. The van der Waals surface area contributed by atoms with Crippen molar-refractivity contribution in [2.45, 2.75) is 60.3 Å². The Hall–Kier alpha value is -0.980. The Morgan fingerprint density at radius 3 is 2.12 bits per heavy atom. The zero-order valence-electron chi connectivity index (χ0n) is 11.4. The van der Waals surface area contributed by atoms with E-state index in [0.717, 1.165) is 6.42 Å². The zero-order valence-corrected chi connectivity index (χ0v) is 11.4. The van der Waals surface area contributed by atoms with E-state index in [1.807, 2.05) is 39.8 Å². The number of phenols is 1. The van der Waals surface area contributed by atoms with Gasteiger partial charge in [-0.1, -0.05) is 27.7 Å². The van der Waals surface area contributed by atoms with Gasteiger partial charge in [0.1, 0.15) is 5.75 Å². The summed E-state index contributed by atoms with van der Waals surface area (Å²) in [6.45, 7) is 10.1. The molecule has 1 N–H and O–H groups in total. The average molecular weight is 222 g/mol. The summed E-state index contributed by atoms with van der Waals surface area (Å²) in [7, 11) is 0. The molecule has 0 radical (unpaired) electrons. The average Bonchev–Trinajstić information content (AvgIpc) is 2.34. The van der Waals surface area contributed by atoms with E-state index in [2.05, 4.69) is 6.92 Å². The Morgan fingerprint density at radius 1 is 0.938 bits per heavy atom. The van der Waals surface area contributed by atoms with Gasteiger partial charge in [0.25, 0.3) is 0 Å². The SMILES string of the molecule is CC.CC.Cc1cc(O)cc2c1CCCC2. The Kier molecular flexibility index (Phi) is 7.70. The minimum Gasteiger partial charge on any atom is -0.508 e. The number of aromatic hydroxyl groups is 1. The van der Waals surface area contributed by atoms with Crippen LogP contribution in [-0.4, -0.2) is 5.11 Å². The summed E-state index contributed by atoms with van der Waals surface area (Å²) in [6.07, 6.45) is 4.92. The molecule has 0 spiro atoms. The van der Waals surface area contributed by atoms with E-state index in [4.69, 9.17) is 0 Å². The van der Waals surface area contributed by atoms with Crippen molar-refractivity contribution in [1.29, 1.82) is 0 Å². The van der Waals surface area contributed by atoms with Crippen molar-refractivity contribution in [2.24, 2.45) is 0 Å². The summed E-state index contributed by atoms with van der Waals surface area (Å²) >= 11 is 0. The van der Waals surface area contributed by atoms with Crippen LogP contribution in [0.2, 0.25) is 0 Å². The molecule has 1 aliphatic carbocycles. The van der Waals surface area contributed by atoms with Crippen LogP contribution in [-0.2, 0) is 12.8 Å². The molecule has 0 aliphatic heterocycles. The van der Waals surface area contributed by atoms with Gasteiger partial charge in [0.2, 0.25) is 0 Å². The highest BCUT2D eigenvalue weighted by Gasteiger charge is 2.11. The van der Waals surface area contributed by atoms with Crippen molar-refractivity contribution >= 4 is 0 Å². The molecule has 92 valence electrons.